The van der Waals surface area contributed by atoms with Crippen molar-refractivity contribution < 1.29 is 14.0 Å². The molecule has 0 radical (unpaired) electrons. The summed E-state index contributed by atoms with van der Waals surface area (Å²) in [5, 5.41) is 5.05. The molecule has 0 bridgehead atoms. The standard InChI is InChI=1S/C6H6FN3O2S/c7-3-12-10-4(1-11)5-2-13-6(8)9-5/h1-2H,3H2,(H2,8,9)/b10-4-. The number of carbonyl (C=O) groups excluding carboxylic acids is 1. The SMILES string of the molecule is Nc1nc(/C(C=O)=N\OCF)cs1. The van der Waals surface area contributed by atoms with Crippen LogP contribution in [-0.4, -0.2) is 23.8 Å². The van der Waals surface area contributed by atoms with Crippen molar-refractivity contribution in [2.24, 2.45) is 5.16 Å². The summed E-state index contributed by atoms with van der Waals surface area (Å²) >= 11 is 1.16. The molecule has 0 saturated heterocycles. The minimum atomic E-state index is -1.09. The molecule has 0 saturated carbocycles. The first-order valence-corrected chi connectivity index (χ1v) is 4.08. The van der Waals surface area contributed by atoms with Crippen LogP contribution in [0.4, 0.5) is 9.52 Å². The molecule has 1 heterocycles. The van der Waals surface area contributed by atoms with Crippen LogP contribution >= 0.6 is 11.3 Å². The summed E-state index contributed by atoms with van der Waals surface area (Å²) in [6.07, 6.45) is 0.421. The maximum atomic E-state index is 11.5. The number of hydrogen-bond acceptors (Lipinski definition) is 6. The van der Waals surface area contributed by atoms with Crippen LogP contribution in [-0.2, 0) is 9.63 Å². The third kappa shape index (κ3) is 2.48. The van der Waals surface area contributed by atoms with Crippen LogP contribution in [0, 0.1) is 0 Å². The molecule has 13 heavy (non-hydrogen) atoms. The summed E-state index contributed by atoms with van der Waals surface area (Å²) in [5.41, 5.74) is 5.53. The molecular formula is C6H6FN3O2S. The third-order valence-corrected chi connectivity index (χ3v) is 1.78. The lowest BCUT2D eigenvalue weighted by Crippen LogP contribution is -2.04. The van der Waals surface area contributed by atoms with E-state index >= 15 is 0 Å². The molecule has 1 aromatic rings. The first-order chi connectivity index (χ1) is 6.27. The molecule has 2 N–H and O–H groups in total. The molecule has 0 spiro atoms. The number of aromatic nitrogens is 1. The highest BCUT2D eigenvalue weighted by Crippen LogP contribution is 2.11. The van der Waals surface area contributed by atoms with E-state index < -0.39 is 6.86 Å². The van der Waals surface area contributed by atoms with Crippen LogP contribution in [0.1, 0.15) is 5.69 Å². The molecule has 0 aromatic carbocycles. The van der Waals surface area contributed by atoms with Gasteiger partial charge in [-0.3, -0.25) is 4.79 Å². The Kier molecular flexibility index (Phi) is 3.32. The van der Waals surface area contributed by atoms with Gasteiger partial charge >= 0.3 is 0 Å². The van der Waals surface area contributed by atoms with E-state index in [1.54, 1.807) is 0 Å². The molecular weight excluding hydrogens is 197 g/mol. The number of anilines is 1. The highest BCUT2D eigenvalue weighted by molar-refractivity contribution is 7.13. The lowest BCUT2D eigenvalue weighted by Gasteiger charge is -1.92. The van der Waals surface area contributed by atoms with Crippen molar-refractivity contribution in [1.29, 1.82) is 0 Å². The number of nitrogen functional groups attached to an aromatic ring is 1. The van der Waals surface area contributed by atoms with E-state index in [0.29, 0.717) is 11.4 Å². The van der Waals surface area contributed by atoms with Gasteiger partial charge in [0.05, 0.1) is 0 Å². The largest absolute Gasteiger partial charge is 0.375 e. The number of oxime groups is 1. The van der Waals surface area contributed by atoms with Gasteiger partial charge in [0.1, 0.15) is 5.69 Å². The van der Waals surface area contributed by atoms with Crippen molar-refractivity contribution in [2.75, 3.05) is 12.6 Å². The third-order valence-electron chi connectivity index (χ3n) is 1.11. The Hall–Kier alpha value is -1.50. The molecule has 0 aliphatic rings. The van der Waals surface area contributed by atoms with Crippen LogP contribution in [0.5, 0.6) is 0 Å². The van der Waals surface area contributed by atoms with Gasteiger partial charge in [0.2, 0.25) is 0 Å². The number of hydrogen-bond donors (Lipinski definition) is 1. The van der Waals surface area contributed by atoms with Crippen molar-refractivity contribution in [3.8, 4) is 0 Å². The average molecular weight is 203 g/mol. The van der Waals surface area contributed by atoms with Gasteiger partial charge < -0.3 is 10.6 Å². The Morgan fingerprint density at radius 2 is 2.69 bits per heavy atom. The number of nitrogens with two attached hydrogens (primary N) is 1. The topological polar surface area (TPSA) is 77.6 Å². The lowest BCUT2D eigenvalue weighted by molar-refractivity contribution is -0.102. The minimum absolute atomic E-state index is 0.0781. The summed E-state index contributed by atoms with van der Waals surface area (Å²) in [6, 6.07) is 0. The van der Waals surface area contributed by atoms with E-state index in [4.69, 9.17) is 5.73 Å². The van der Waals surface area contributed by atoms with Crippen LogP contribution in [0.2, 0.25) is 0 Å². The normalized spacial score (nSPS) is 11.3. The number of nitrogens with zero attached hydrogens (tertiary/aromatic N) is 2. The Bertz CT molecular complexity index is 325. The molecule has 0 aliphatic carbocycles. The molecule has 70 valence electrons. The van der Waals surface area contributed by atoms with E-state index in [-0.39, 0.29) is 11.4 Å². The molecule has 5 nitrogen and oxygen atoms in total. The van der Waals surface area contributed by atoms with Crippen LogP contribution < -0.4 is 5.73 Å². The second-order valence-corrected chi connectivity index (χ2v) is 2.79. The van der Waals surface area contributed by atoms with Crippen molar-refractivity contribution in [3.05, 3.63) is 11.1 Å². The summed E-state index contributed by atoms with van der Waals surface area (Å²) < 4.78 is 11.5. The van der Waals surface area contributed by atoms with Gasteiger partial charge in [-0.25, -0.2) is 9.37 Å². The number of thiazole rings is 1. The van der Waals surface area contributed by atoms with Crippen molar-refractivity contribution in [2.45, 2.75) is 0 Å². The molecule has 7 heteroatoms. The molecule has 1 rings (SSSR count). The molecule has 1 aromatic heterocycles. The summed E-state index contributed by atoms with van der Waals surface area (Å²) in [5.74, 6) is 0. The number of carbonyl (C=O) groups is 1. The van der Waals surface area contributed by atoms with Gasteiger partial charge in [-0.2, -0.15) is 0 Å². The fourth-order valence-electron chi connectivity index (χ4n) is 0.628. The quantitative estimate of drug-likeness (QED) is 0.441. The van der Waals surface area contributed by atoms with E-state index in [1.807, 2.05) is 0 Å². The Balaban J connectivity index is 2.84. The highest BCUT2D eigenvalue weighted by Gasteiger charge is 2.06. The van der Waals surface area contributed by atoms with Crippen LogP contribution in [0.3, 0.4) is 0 Å². The number of aldehydes is 1. The fraction of sp³-hybridized carbons (Fsp3) is 0.167. The monoisotopic (exact) mass is 203 g/mol. The maximum absolute atomic E-state index is 11.5. The van der Waals surface area contributed by atoms with E-state index in [9.17, 15) is 9.18 Å². The second kappa shape index (κ2) is 4.51. The molecule has 0 unspecified atom stereocenters. The number of alkyl halides is 1. The molecule has 0 fully saturated rings. The van der Waals surface area contributed by atoms with E-state index in [1.165, 1.54) is 5.38 Å². The van der Waals surface area contributed by atoms with E-state index in [0.717, 1.165) is 11.3 Å². The first-order valence-electron chi connectivity index (χ1n) is 3.20. The minimum Gasteiger partial charge on any atom is -0.375 e. The Morgan fingerprint density at radius 3 is 3.15 bits per heavy atom. The fourth-order valence-corrected chi connectivity index (χ4v) is 1.18. The van der Waals surface area contributed by atoms with Crippen molar-refractivity contribution >= 4 is 28.5 Å². The smallest absolute Gasteiger partial charge is 0.255 e. The summed E-state index contributed by atoms with van der Waals surface area (Å²) in [7, 11) is 0. The summed E-state index contributed by atoms with van der Waals surface area (Å²) in [4.78, 5) is 18.2. The van der Waals surface area contributed by atoms with E-state index in [2.05, 4.69) is 15.0 Å². The van der Waals surface area contributed by atoms with Gasteiger partial charge in [-0.05, 0) is 0 Å². The summed E-state index contributed by atoms with van der Waals surface area (Å²) in [6.45, 7) is -1.09. The van der Waals surface area contributed by atoms with Crippen LogP contribution in [0.15, 0.2) is 10.5 Å². The Labute approximate surface area is 77.0 Å². The zero-order valence-electron chi connectivity index (χ0n) is 6.44. The number of halogens is 1. The average Bonchev–Trinajstić information content (AvgIpc) is 2.54. The highest BCUT2D eigenvalue weighted by atomic mass is 32.1. The van der Waals surface area contributed by atoms with Gasteiger partial charge in [0, 0.05) is 5.38 Å². The lowest BCUT2D eigenvalue weighted by atomic mass is 10.3. The van der Waals surface area contributed by atoms with Gasteiger partial charge in [-0.15, -0.1) is 11.3 Å². The zero-order valence-corrected chi connectivity index (χ0v) is 7.25. The van der Waals surface area contributed by atoms with Gasteiger partial charge in [0.15, 0.2) is 17.1 Å². The first kappa shape index (κ1) is 9.59. The van der Waals surface area contributed by atoms with Gasteiger partial charge in [-0.1, -0.05) is 5.16 Å². The van der Waals surface area contributed by atoms with Crippen molar-refractivity contribution in [1.82, 2.24) is 4.98 Å². The van der Waals surface area contributed by atoms with Crippen molar-refractivity contribution in [3.63, 3.8) is 0 Å². The molecule has 0 aliphatic heterocycles. The molecule has 0 amide bonds. The number of rotatable bonds is 4. The van der Waals surface area contributed by atoms with Gasteiger partial charge in [0.25, 0.3) is 6.86 Å². The zero-order chi connectivity index (χ0) is 9.68. The maximum Gasteiger partial charge on any atom is 0.255 e. The predicted octanol–water partition coefficient (Wildman–Crippen LogP) is 0.572. The van der Waals surface area contributed by atoms with Crippen LogP contribution in [0.25, 0.3) is 0 Å². The predicted molar refractivity (Wildman–Crippen MR) is 46.2 cm³/mol. The molecule has 0 atom stereocenters. The second-order valence-electron chi connectivity index (χ2n) is 1.90. The Morgan fingerprint density at radius 1 is 1.92 bits per heavy atom.